The highest BCUT2D eigenvalue weighted by Crippen LogP contribution is 2.38. The van der Waals surface area contributed by atoms with Crippen LogP contribution in [0.3, 0.4) is 0 Å². The molecule has 2 aliphatic rings. The minimum Gasteiger partial charge on any atom is -0.481 e. The predicted octanol–water partition coefficient (Wildman–Crippen LogP) is 9.04. The molecule has 8 rings (SSSR count). The summed E-state index contributed by atoms with van der Waals surface area (Å²) in [6.07, 6.45) is -8.53. The molecular weight excluding hydrogens is 935 g/mol. The van der Waals surface area contributed by atoms with Crippen molar-refractivity contribution in [3.63, 3.8) is 0 Å². The van der Waals surface area contributed by atoms with Gasteiger partial charge in [-0.05, 0) is 65.6 Å². The number of alkyl halides is 6. The Morgan fingerprint density at radius 2 is 1.09 bits per heavy atom. The third-order valence-electron chi connectivity index (χ3n) is 11.6. The molecule has 6 aromatic rings. The first kappa shape index (κ1) is 50.5. The average Bonchev–Trinajstić information content (AvgIpc) is 3.91. The van der Waals surface area contributed by atoms with Crippen molar-refractivity contribution in [2.24, 2.45) is 0 Å². The number of anilines is 2. The quantitative estimate of drug-likeness (QED) is 0.0781. The summed E-state index contributed by atoms with van der Waals surface area (Å²) in [5, 5.41) is 10.4. The molecule has 0 radical (unpaired) electrons. The first-order chi connectivity index (χ1) is 32.5. The third kappa shape index (κ3) is 13.2. The van der Waals surface area contributed by atoms with Crippen LogP contribution in [0, 0.1) is 0 Å². The molecule has 364 valence electrons. The second-order valence-electron chi connectivity index (χ2n) is 16.6. The zero-order valence-corrected chi connectivity index (χ0v) is 39.3. The Labute approximate surface area is 397 Å². The van der Waals surface area contributed by atoms with Crippen molar-refractivity contribution in [3.05, 3.63) is 118 Å². The van der Waals surface area contributed by atoms with Crippen molar-refractivity contribution in [3.8, 4) is 0 Å². The number of thiazole rings is 2. The third-order valence-corrected chi connectivity index (χ3v) is 13.7. The van der Waals surface area contributed by atoms with Gasteiger partial charge < -0.3 is 29.1 Å². The van der Waals surface area contributed by atoms with Gasteiger partial charge in [0.15, 0.2) is 10.3 Å². The van der Waals surface area contributed by atoms with Gasteiger partial charge in [0.25, 0.3) is 0 Å². The molecule has 68 heavy (non-hydrogen) atoms. The van der Waals surface area contributed by atoms with Crippen molar-refractivity contribution in [1.82, 2.24) is 19.8 Å². The van der Waals surface area contributed by atoms with E-state index < -0.39 is 29.4 Å². The Kier molecular flexibility index (Phi) is 16.6. The van der Waals surface area contributed by atoms with E-state index in [1.807, 2.05) is 42.5 Å². The monoisotopic (exact) mass is 986 g/mol. The van der Waals surface area contributed by atoms with E-state index in [2.05, 4.69) is 29.6 Å². The molecule has 2 atom stereocenters. The summed E-state index contributed by atoms with van der Waals surface area (Å²) in [5.74, 6) is -1.10. The summed E-state index contributed by atoms with van der Waals surface area (Å²) in [5.41, 5.74) is 3.61. The van der Waals surface area contributed by atoms with Crippen molar-refractivity contribution in [2.45, 2.75) is 57.3 Å². The molecule has 1 N–H and O–H groups in total. The van der Waals surface area contributed by atoms with Gasteiger partial charge in [0.2, 0.25) is 0 Å². The van der Waals surface area contributed by atoms with Crippen molar-refractivity contribution < 1.29 is 55.2 Å². The second kappa shape index (κ2) is 22.4. The first-order valence-electron chi connectivity index (χ1n) is 21.9. The van der Waals surface area contributed by atoms with Crippen molar-refractivity contribution in [1.29, 1.82) is 0 Å². The van der Waals surface area contributed by atoms with Crippen LogP contribution >= 0.6 is 22.7 Å². The van der Waals surface area contributed by atoms with E-state index in [4.69, 9.17) is 19.3 Å². The zero-order chi connectivity index (χ0) is 48.6. The smallest absolute Gasteiger partial charge is 0.416 e. The van der Waals surface area contributed by atoms with Crippen molar-refractivity contribution >= 4 is 65.3 Å². The Hall–Kier alpha value is -5.38. The summed E-state index contributed by atoms with van der Waals surface area (Å²) in [7, 11) is 3.27. The molecule has 0 aliphatic carbocycles. The predicted molar refractivity (Wildman–Crippen MR) is 250 cm³/mol. The first-order valence-corrected chi connectivity index (χ1v) is 23.6. The van der Waals surface area contributed by atoms with Gasteiger partial charge in [0.05, 0.1) is 76.3 Å². The van der Waals surface area contributed by atoms with Crippen LogP contribution in [0.15, 0.2) is 84.9 Å². The normalized spacial score (nSPS) is 17.4. The van der Waals surface area contributed by atoms with Gasteiger partial charge >= 0.3 is 24.3 Å². The van der Waals surface area contributed by atoms with Gasteiger partial charge in [-0.1, -0.05) is 71.2 Å². The fourth-order valence-corrected chi connectivity index (χ4v) is 10.7. The summed E-state index contributed by atoms with van der Waals surface area (Å²) < 4.78 is 95.5. The molecular formula is C48H52F6N6O6S2. The fourth-order valence-electron chi connectivity index (χ4n) is 8.47. The number of aromatic nitrogens is 2. The number of nitrogens with zero attached hydrogens (tertiary/aromatic N) is 6. The number of ether oxygens (including phenoxy) is 3. The minimum atomic E-state index is -4.38. The molecule has 2 saturated heterocycles. The van der Waals surface area contributed by atoms with Gasteiger partial charge in [0.1, 0.15) is 0 Å². The molecule has 0 bridgehead atoms. The molecule has 0 spiro atoms. The lowest BCUT2D eigenvalue weighted by molar-refractivity contribution is -0.142. The number of methoxy groups -OCH3 is 2. The molecule has 0 amide bonds. The molecule has 12 nitrogen and oxygen atoms in total. The summed E-state index contributed by atoms with van der Waals surface area (Å²) in [6.45, 7) is 8.76. The van der Waals surface area contributed by atoms with E-state index in [1.54, 1.807) is 27.2 Å². The molecule has 20 heteroatoms. The molecule has 4 heterocycles. The Bertz CT molecular complexity index is 2660. The highest BCUT2D eigenvalue weighted by atomic mass is 32.1. The fraction of sp³-hybridized carbons (Fsp3) is 0.417. The lowest BCUT2D eigenvalue weighted by Gasteiger charge is -2.41. The van der Waals surface area contributed by atoms with Gasteiger partial charge in [0, 0.05) is 66.6 Å². The van der Waals surface area contributed by atoms with E-state index in [-0.39, 0.29) is 30.9 Å². The number of carbonyl (C=O) groups is 2. The lowest BCUT2D eigenvalue weighted by Crippen LogP contribution is -2.54. The number of piperazine rings is 2. The number of hydrogen-bond donors (Lipinski definition) is 1. The lowest BCUT2D eigenvalue weighted by atomic mass is 10.1. The molecule has 0 saturated carbocycles. The number of rotatable bonds is 15. The van der Waals surface area contributed by atoms with E-state index in [0.717, 1.165) is 66.6 Å². The van der Waals surface area contributed by atoms with Crippen LogP contribution < -0.4 is 9.80 Å². The minimum absolute atomic E-state index is 0.00592. The number of hydrogen-bond acceptors (Lipinski definition) is 13. The van der Waals surface area contributed by atoms with Crippen LogP contribution in [0.5, 0.6) is 0 Å². The van der Waals surface area contributed by atoms with Crippen LogP contribution in [0.1, 0.15) is 40.3 Å². The van der Waals surface area contributed by atoms with E-state index in [1.165, 1.54) is 40.9 Å². The van der Waals surface area contributed by atoms with Gasteiger partial charge in [-0.15, -0.1) is 0 Å². The highest BCUT2D eigenvalue weighted by Gasteiger charge is 2.34. The number of benzene rings is 4. The van der Waals surface area contributed by atoms with Crippen LogP contribution in [-0.4, -0.2) is 122 Å². The molecule has 2 aliphatic heterocycles. The maximum absolute atomic E-state index is 13.1. The Morgan fingerprint density at radius 1 is 0.647 bits per heavy atom. The average molecular weight is 987 g/mol. The maximum Gasteiger partial charge on any atom is 0.416 e. The van der Waals surface area contributed by atoms with Crippen LogP contribution in [-0.2, 0) is 62.1 Å². The maximum atomic E-state index is 13.1. The molecule has 0 unspecified atom stereocenters. The molecule has 2 fully saturated rings. The highest BCUT2D eigenvalue weighted by molar-refractivity contribution is 7.22. The molecule has 4 aromatic carbocycles. The number of esters is 1. The topological polar surface area (TPSA) is 121 Å². The summed E-state index contributed by atoms with van der Waals surface area (Å²) in [6, 6.07) is 22.8. The van der Waals surface area contributed by atoms with Gasteiger partial charge in [-0.25, -0.2) is 9.97 Å². The number of carboxylic acid groups (broad SMARTS) is 1. The Balaban J connectivity index is 0.000000202. The number of aliphatic carboxylic acids is 1. The number of halogens is 6. The van der Waals surface area contributed by atoms with Crippen molar-refractivity contribution in [2.75, 3.05) is 83.1 Å². The van der Waals surface area contributed by atoms with Crippen LogP contribution in [0.4, 0.5) is 36.6 Å². The van der Waals surface area contributed by atoms with E-state index >= 15 is 0 Å². The van der Waals surface area contributed by atoms with E-state index in [0.29, 0.717) is 76.7 Å². The summed E-state index contributed by atoms with van der Waals surface area (Å²) >= 11 is 2.54. The largest absolute Gasteiger partial charge is 0.481 e. The SMILES string of the molecule is CCOC(=O)Cc1cccc(CN2CCN(c3nc4ccc(C(F)(F)F)cc4s3)[C@H](COC)C2)c1.COC[C@@H]1CN(Cc2cccc(CC(=O)O)c2)CCN1c1nc2ccc(C(F)(F)F)cc2s1. The second-order valence-corrected chi connectivity index (χ2v) is 18.6. The van der Waals surface area contributed by atoms with Crippen LogP contribution in [0.2, 0.25) is 0 Å². The number of carbonyl (C=O) groups excluding carboxylic acids is 1. The zero-order valence-electron chi connectivity index (χ0n) is 37.7. The van der Waals surface area contributed by atoms with Gasteiger partial charge in [-0.2, -0.15) is 26.3 Å². The number of fused-ring (bicyclic) bond motifs is 2. The standard InChI is InChI=1S/C25H28F3N3O3S.C23H24F3N3O3S/c1-3-34-23(32)12-17-5-4-6-18(11-17)14-30-9-10-31(20(15-30)16-33-2)24-29-21-8-7-19(25(26,27)28)13-22(21)35-24;1-32-14-18-13-28(12-16-4-2-3-15(9-16)10-21(30)31)7-8-29(18)22-27-19-6-5-17(23(24,25)26)11-20(19)33-22/h4-8,11,13,20H,3,9-10,12,14-16H2,1-2H3;2-6,9,11,18H,7-8,10,12-14H2,1H3,(H,30,31)/t20-;18-/m00/s1. The summed E-state index contributed by atoms with van der Waals surface area (Å²) in [4.78, 5) is 40.9. The molecule has 2 aromatic heterocycles. The Morgan fingerprint density at radius 3 is 1.50 bits per heavy atom. The van der Waals surface area contributed by atoms with E-state index in [9.17, 15) is 35.9 Å². The van der Waals surface area contributed by atoms with Crippen LogP contribution in [0.25, 0.3) is 20.4 Å². The van der Waals surface area contributed by atoms with Gasteiger partial charge in [-0.3, -0.25) is 19.4 Å². The number of carboxylic acids is 1.